The van der Waals surface area contributed by atoms with Crippen molar-refractivity contribution in [1.29, 1.82) is 0 Å². The molecule has 188 valence electrons. The largest absolute Gasteiger partial charge is 0.465 e. The molecular weight excluding hydrogens is 452 g/mol. The number of carbonyl (C=O) groups is 2. The highest BCUT2D eigenvalue weighted by atomic mass is 16.5. The number of likely N-dealkylation sites (tertiary alicyclic amines) is 1. The van der Waals surface area contributed by atoms with E-state index in [-0.39, 0.29) is 12.5 Å². The van der Waals surface area contributed by atoms with Gasteiger partial charge in [-0.15, -0.1) is 0 Å². The lowest BCUT2D eigenvalue weighted by Gasteiger charge is -2.50. The van der Waals surface area contributed by atoms with Gasteiger partial charge in [0.2, 0.25) is 0 Å². The summed E-state index contributed by atoms with van der Waals surface area (Å²) in [4.78, 5) is 26.7. The number of carbonyl (C=O) groups excluding carboxylic acids is 1. The van der Waals surface area contributed by atoms with E-state index in [1.54, 1.807) is 0 Å². The van der Waals surface area contributed by atoms with Crippen LogP contribution >= 0.6 is 0 Å². The van der Waals surface area contributed by atoms with Crippen molar-refractivity contribution in [2.75, 3.05) is 6.54 Å². The molecule has 4 rings (SSSR count). The Balaban J connectivity index is 1.65. The number of alkyl carbamates (subject to hydrolysis) is 1. The fourth-order valence-electron chi connectivity index (χ4n) is 5.27. The van der Waals surface area contributed by atoms with Crippen LogP contribution in [0, 0.1) is 5.41 Å². The van der Waals surface area contributed by atoms with Crippen LogP contribution in [0.2, 0.25) is 0 Å². The Morgan fingerprint density at radius 3 is 2.22 bits per heavy atom. The van der Waals surface area contributed by atoms with Crippen molar-refractivity contribution >= 4 is 12.2 Å². The van der Waals surface area contributed by atoms with E-state index in [4.69, 9.17) is 4.74 Å². The Kier molecular flexibility index (Phi) is 7.63. The molecule has 0 aliphatic carbocycles. The summed E-state index contributed by atoms with van der Waals surface area (Å²) in [5.74, 6) is -0.0715. The summed E-state index contributed by atoms with van der Waals surface area (Å²) in [5.41, 5.74) is 3.76. The van der Waals surface area contributed by atoms with Gasteiger partial charge in [-0.3, -0.25) is 0 Å². The molecule has 1 unspecified atom stereocenters. The number of piperidine rings is 1. The Morgan fingerprint density at radius 2 is 1.58 bits per heavy atom. The topological polar surface area (TPSA) is 78.9 Å². The van der Waals surface area contributed by atoms with Gasteiger partial charge in [0.25, 0.3) is 0 Å². The molecule has 2 amide bonds. The SMILES string of the molecule is CC(C)(C)C1[C@H](NC(=O)OCc2ccccc2)[C@@H](c2cccc(-c3ccccc3)c2)CCN1C(=O)O. The van der Waals surface area contributed by atoms with Crippen molar-refractivity contribution in [3.8, 4) is 11.1 Å². The third-order valence-electron chi connectivity index (χ3n) is 6.84. The molecule has 1 fully saturated rings. The van der Waals surface area contributed by atoms with Crippen molar-refractivity contribution in [2.24, 2.45) is 5.41 Å². The molecule has 1 aliphatic rings. The number of nitrogens with zero attached hydrogens (tertiary/aromatic N) is 1. The van der Waals surface area contributed by atoms with Crippen molar-refractivity contribution in [3.05, 3.63) is 96.1 Å². The molecular formula is C30H34N2O4. The van der Waals surface area contributed by atoms with Crippen LogP contribution in [-0.4, -0.2) is 40.8 Å². The molecule has 0 radical (unpaired) electrons. The second-order valence-electron chi connectivity index (χ2n) is 10.4. The predicted molar refractivity (Wildman–Crippen MR) is 141 cm³/mol. The summed E-state index contributed by atoms with van der Waals surface area (Å²) < 4.78 is 5.55. The maximum atomic E-state index is 13.0. The van der Waals surface area contributed by atoms with E-state index < -0.39 is 29.7 Å². The highest BCUT2D eigenvalue weighted by Crippen LogP contribution is 2.40. The molecule has 3 aromatic rings. The van der Waals surface area contributed by atoms with Crippen LogP contribution in [0.15, 0.2) is 84.9 Å². The van der Waals surface area contributed by atoms with Crippen molar-refractivity contribution < 1.29 is 19.4 Å². The van der Waals surface area contributed by atoms with Crippen molar-refractivity contribution in [3.63, 3.8) is 0 Å². The number of nitrogens with one attached hydrogen (secondary N) is 1. The molecule has 0 spiro atoms. The normalized spacial score (nSPS) is 20.0. The first-order valence-corrected chi connectivity index (χ1v) is 12.4. The average Bonchev–Trinajstić information content (AvgIpc) is 2.87. The first kappa shape index (κ1) is 25.3. The smallest absolute Gasteiger partial charge is 0.407 e. The molecule has 3 atom stereocenters. The van der Waals surface area contributed by atoms with E-state index in [9.17, 15) is 14.7 Å². The maximum absolute atomic E-state index is 13.0. The minimum atomic E-state index is -0.976. The lowest BCUT2D eigenvalue weighted by Crippen LogP contribution is -2.64. The van der Waals surface area contributed by atoms with Crippen LogP contribution in [0.1, 0.15) is 44.2 Å². The Bertz CT molecular complexity index is 1170. The fraction of sp³-hybridized carbons (Fsp3) is 0.333. The monoisotopic (exact) mass is 486 g/mol. The van der Waals surface area contributed by atoms with Crippen LogP contribution in [0.25, 0.3) is 11.1 Å². The van der Waals surface area contributed by atoms with Crippen LogP contribution < -0.4 is 5.32 Å². The second kappa shape index (κ2) is 10.9. The molecule has 0 bridgehead atoms. The van der Waals surface area contributed by atoms with E-state index >= 15 is 0 Å². The molecule has 3 aromatic carbocycles. The molecule has 6 heteroatoms. The summed E-state index contributed by atoms with van der Waals surface area (Å²) in [6.45, 7) is 6.59. The van der Waals surface area contributed by atoms with Gasteiger partial charge >= 0.3 is 12.2 Å². The molecule has 0 saturated carbocycles. The van der Waals surface area contributed by atoms with Crippen molar-refractivity contribution in [1.82, 2.24) is 10.2 Å². The van der Waals surface area contributed by atoms with Gasteiger partial charge in [-0.25, -0.2) is 9.59 Å². The number of carboxylic acid groups (broad SMARTS) is 1. The number of benzene rings is 3. The van der Waals surface area contributed by atoms with E-state index in [0.717, 1.165) is 22.3 Å². The third kappa shape index (κ3) is 5.88. The zero-order valence-electron chi connectivity index (χ0n) is 21.1. The maximum Gasteiger partial charge on any atom is 0.407 e. The Morgan fingerprint density at radius 1 is 0.944 bits per heavy atom. The van der Waals surface area contributed by atoms with Crippen LogP contribution in [0.4, 0.5) is 9.59 Å². The van der Waals surface area contributed by atoms with Gasteiger partial charge in [-0.05, 0) is 34.1 Å². The molecule has 1 heterocycles. The van der Waals surface area contributed by atoms with E-state index in [1.165, 1.54) is 4.90 Å². The first-order chi connectivity index (χ1) is 17.2. The van der Waals surface area contributed by atoms with Gasteiger partial charge in [0.1, 0.15) is 6.61 Å². The molecule has 1 saturated heterocycles. The zero-order valence-corrected chi connectivity index (χ0v) is 21.1. The summed E-state index contributed by atoms with van der Waals surface area (Å²) in [6, 6.07) is 27.1. The Labute approximate surface area is 212 Å². The minimum Gasteiger partial charge on any atom is -0.465 e. The summed E-state index contributed by atoms with van der Waals surface area (Å²) in [7, 11) is 0. The second-order valence-corrected chi connectivity index (χ2v) is 10.4. The van der Waals surface area contributed by atoms with Gasteiger partial charge in [0, 0.05) is 12.5 Å². The molecule has 36 heavy (non-hydrogen) atoms. The molecule has 1 aliphatic heterocycles. The third-order valence-corrected chi connectivity index (χ3v) is 6.84. The van der Waals surface area contributed by atoms with E-state index in [0.29, 0.717) is 13.0 Å². The van der Waals surface area contributed by atoms with Gasteiger partial charge in [-0.1, -0.05) is 106 Å². The lowest BCUT2D eigenvalue weighted by molar-refractivity contribution is 0.0264. The van der Waals surface area contributed by atoms with Crippen LogP contribution in [-0.2, 0) is 11.3 Å². The van der Waals surface area contributed by atoms with Gasteiger partial charge in [0.15, 0.2) is 0 Å². The number of hydrogen-bond acceptors (Lipinski definition) is 3. The van der Waals surface area contributed by atoms with Gasteiger partial charge in [-0.2, -0.15) is 0 Å². The summed E-state index contributed by atoms with van der Waals surface area (Å²) in [5, 5.41) is 13.1. The average molecular weight is 487 g/mol. The highest BCUT2D eigenvalue weighted by molar-refractivity contribution is 5.70. The Hall–Kier alpha value is -3.80. The zero-order chi connectivity index (χ0) is 25.7. The van der Waals surface area contributed by atoms with E-state index in [1.807, 2.05) is 75.4 Å². The van der Waals surface area contributed by atoms with Crippen LogP contribution in [0.5, 0.6) is 0 Å². The first-order valence-electron chi connectivity index (χ1n) is 12.4. The van der Waals surface area contributed by atoms with Crippen molar-refractivity contribution in [2.45, 2.75) is 51.8 Å². The lowest BCUT2D eigenvalue weighted by atomic mass is 9.71. The quantitative estimate of drug-likeness (QED) is 0.430. The van der Waals surface area contributed by atoms with Crippen LogP contribution in [0.3, 0.4) is 0 Å². The number of hydrogen-bond donors (Lipinski definition) is 2. The molecule has 0 aromatic heterocycles. The minimum absolute atomic E-state index is 0.0715. The number of amides is 2. The summed E-state index contributed by atoms with van der Waals surface area (Å²) in [6.07, 6.45) is -0.925. The van der Waals surface area contributed by atoms with Gasteiger partial charge < -0.3 is 20.1 Å². The fourth-order valence-corrected chi connectivity index (χ4v) is 5.27. The van der Waals surface area contributed by atoms with E-state index in [2.05, 4.69) is 35.6 Å². The summed E-state index contributed by atoms with van der Waals surface area (Å²) >= 11 is 0. The standard InChI is InChI=1S/C30H34N2O4/c1-30(2,3)27-26(31-28(33)36-20-21-11-6-4-7-12-21)25(17-18-32(27)29(34)35)24-16-10-15-23(19-24)22-13-8-5-9-14-22/h4-16,19,25-27H,17-18,20H2,1-3H3,(H,31,33)(H,34,35)/t25-,26-,27?/m1/s1. The molecule has 2 N–H and O–H groups in total. The number of ether oxygens (including phenoxy) is 1. The molecule has 6 nitrogen and oxygen atoms in total. The predicted octanol–water partition coefficient (Wildman–Crippen LogP) is 6.53. The highest BCUT2D eigenvalue weighted by Gasteiger charge is 2.47. The van der Waals surface area contributed by atoms with Gasteiger partial charge in [0.05, 0.1) is 12.1 Å². The number of rotatable bonds is 5.